The van der Waals surface area contributed by atoms with Crippen molar-refractivity contribution in [3.05, 3.63) is 22.9 Å². The Morgan fingerprint density at radius 2 is 2.00 bits per heavy atom. The van der Waals surface area contributed by atoms with Crippen molar-refractivity contribution >= 4 is 5.82 Å². The van der Waals surface area contributed by atoms with Crippen LogP contribution in [0.4, 0.5) is 19.0 Å². The predicted molar refractivity (Wildman–Crippen MR) is 55.5 cm³/mol. The number of rotatable bonds is 2. The molecule has 1 aliphatic rings. The lowest BCUT2D eigenvalue weighted by molar-refractivity contribution is -0.138. The monoisotopic (exact) mass is 230 g/mol. The molecule has 1 N–H and O–H groups in total. The number of pyridine rings is 1. The van der Waals surface area contributed by atoms with Crippen LogP contribution < -0.4 is 5.32 Å². The van der Waals surface area contributed by atoms with Gasteiger partial charge in [0, 0.05) is 7.05 Å². The fraction of sp³-hybridized carbons (Fsp3) is 0.545. The van der Waals surface area contributed by atoms with Crippen LogP contribution in [-0.2, 0) is 6.18 Å². The Balaban J connectivity index is 2.57. The number of halogens is 3. The fourth-order valence-electron chi connectivity index (χ4n) is 1.91. The molecule has 0 bridgehead atoms. The van der Waals surface area contributed by atoms with Gasteiger partial charge in [-0.1, -0.05) is 0 Å². The Labute approximate surface area is 91.9 Å². The molecule has 0 amide bonds. The van der Waals surface area contributed by atoms with E-state index in [1.807, 2.05) is 0 Å². The topological polar surface area (TPSA) is 24.9 Å². The first kappa shape index (κ1) is 11.2. The molecule has 1 heterocycles. The molecule has 2 rings (SSSR count). The van der Waals surface area contributed by atoms with Crippen LogP contribution in [0.15, 0.2) is 6.07 Å². The summed E-state index contributed by atoms with van der Waals surface area (Å²) in [4.78, 5) is 3.90. The van der Waals surface area contributed by atoms with Gasteiger partial charge in [-0.05, 0) is 37.3 Å². The van der Waals surface area contributed by atoms with Crippen molar-refractivity contribution in [3.8, 4) is 0 Å². The zero-order chi connectivity index (χ0) is 11.9. The van der Waals surface area contributed by atoms with Crippen molar-refractivity contribution in [2.24, 2.45) is 0 Å². The minimum Gasteiger partial charge on any atom is -0.373 e. The molecular weight excluding hydrogens is 217 g/mol. The molecule has 0 atom stereocenters. The summed E-state index contributed by atoms with van der Waals surface area (Å²) in [6.45, 7) is 1.41. The molecule has 0 spiro atoms. The zero-order valence-corrected chi connectivity index (χ0v) is 9.15. The highest BCUT2D eigenvalue weighted by atomic mass is 19.4. The lowest BCUT2D eigenvalue weighted by atomic mass is 10.0. The second kappa shape index (κ2) is 3.64. The largest absolute Gasteiger partial charge is 0.418 e. The lowest BCUT2D eigenvalue weighted by Gasteiger charge is -2.16. The number of hydrogen-bond donors (Lipinski definition) is 1. The summed E-state index contributed by atoms with van der Waals surface area (Å²) in [7, 11) is 1.66. The SMILES string of the molecule is CNc1cc(C2CC2)c(C(F)(F)F)c(C)n1. The third kappa shape index (κ3) is 1.99. The predicted octanol–water partition coefficient (Wildman–Crippen LogP) is 3.33. The number of aryl methyl sites for hydroxylation is 1. The molecule has 1 saturated carbocycles. The van der Waals surface area contributed by atoms with Crippen LogP contribution in [-0.4, -0.2) is 12.0 Å². The van der Waals surface area contributed by atoms with Crippen LogP contribution in [0.5, 0.6) is 0 Å². The standard InChI is InChI=1S/C11H13F3N2/c1-6-10(11(12,13)14)8(7-3-4-7)5-9(15-2)16-6/h5,7H,3-4H2,1-2H3,(H,15,16). The Morgan fingerprint density at radius 1 is 1.38 bits per heavy atom. The number of nitrogens with zero attached hydrogens (tertiary/aromatic N) is 1. The van der Waals surface area contributed by atoms with E-state index in [2.05, 4.69) is 10.3 Å². The number of anilines is 1. The summed E-state index contributed by atoms with van der Waals surface area (Å²) >= 11 is 0. The van der Waals surface area contributed by atoms with Crippen LogP contribution in [0.2, 0.25) is 0 Å². The van der Waals surface area contributed by atoms with Gasteiger partial charge in [-0.15, -0.1) is 0 Å². The van der Waals surface area contributed by atoms with Gasteiger partial charge in [-0.3, -0.25) is 0 Å². The van der Waals surface area contributed by atoms with Gasteiger partial charge in [0.15, 0.2) is 0 Å². The first-order chi connectivity index (χ1) is 7.43. The van der Waals surface area contributed by atoms with Crippen LogP contribution in [0.1, 0.15) is 35.6 Å². The van der Waals surface area contributed by atoms with Crippen molar-refractivity contribution in [2.45, 2.75) is 31.9 Å². The minimum atomic E-state index is -4.30. The van der Waals surface area contributed by atoms with E-state index in [0.717, 1.165) is 12.8 Å². The maximum Gasteiger partial charge on any atom is 0.418 e. The summed E-state index contributed by atoms with van der Waals surface area (Å²) < 4.78 is 38.6. The zero-order valence-electron chi connectivity index (χ0n) is 9.15. The van der Waals surface area contributed by atoms with Crippen LogP contribution >= 0.6 is 0 Å². The van der Waals surface area contributed by atoms with Crippen molar-refractivity contribution in [1.29, 1.82) is 0 Å². The highest BCUT2D eigenvalue weighted by molar-refractivity contribution is 5.47. The minimum absolute atomic E-state index is 0.0567. The highest BCUT2D eigenvalue weighted by Gasteiger charge is 2.40. The third-order valence-corrected chi connectivity index (χ3v) is 2.79. The van der Waals surface area contributed by atoms with Crippen LogP contribution in [0.3, 0.4) is 0 Å². The summed E-state index contributed by atoms with van der Waals surface area (Å²) in [6.07, 6.45) is -2.62. The molecular formula is C11H13F3N2. The molecule has 16 heavy (non-hydrogen) atoms. The molecule has 2 nitrogen and oxygen atoms in total. The molecule has 0 radical (unpaired) electrons. The third-order valence-electron chi connectivity index (χ3n) is 2.79. The number of alkyl halides is 3. The maximum absolute atomic E-state index is 12.9. The van der Waals surface area contributed by atoms with Crippen molar-refractivity contribution in [2.75, 3.05) is 12.4 Å². The average molecular weight is 230 g/mol. The van der Waals surface area contributed by atoms with Gasteiger partial charge < -0.3 is 5.32 Å². The molecule has 5 heteroatoms. The van der Waals surface area contributed by atoms with E-state index in [-0.39, 0.29) is 11.6 Å². The van der Waals surface area contributed by atoms with E-state index in [0.29, 0.717) is 11.4 Å². The smallest absolute Gasteiger partial charge is 0.373 e. The maximum atomic E-state index is 12.9. The van der Waals surface area contributed by atoms with E-state index in [9.17, 15) is 13.2 Å². The molecule has 1 fully saturated rings. The summed E-state index contributed by atoms with van der Waals surface area (Å²) in [5, 5.41) is 2.79. The van der Waals surface area contributed by atoms with E-state index in [1.54, 1.807) is 7.05 Å². The Kier molecular flexibility index (Phi) is 2.56. The average Bonchev–Trinajstić information content (AvgIpc) is 2.97. The molecule has 1 aromatic heterocycles. The second-order valence-electron chi connectivity index (χ2n) is 4.08. The van der Waals surface area contributed by atoms with Gasteiger partial charge >= 0.3 is 6.18 Å². The Morgan fingerprint density at radius 3 is 2.44 bits per heavy atom. The number of aromatic nitrogens is 1. The Hall–Kier alpha value is -1.26. The summed E-state index contributed by atoms with van der Waals surface area (Å²) in [5.41, 5.74) is -0.0976. The van der Waals surface area contributed by atoms with Crippen molar-refractivity contribution in [3.63, 3.8) is 0 Å². The van der Waals surface area contributed by atoms with E-state index < -0.39 is 11.7 Å². The normalized spacial score (nSPS) is 16.3. The van der Waals surface area contributed by atoms with Crippen LogP contribution in [0.25, 0.3) is 0 Å². The van der Waals surface area contributed by atoms with Gasteiger partial charge in [0.05, 0.1) is 11.3 Å². The van der Waals surface area contributed by atoms with Crippen LogP contribution in [0, 0.1) is 6.92 Å². The van der Waals surface area contributed by atoms with Gasteiger partial charge in [0.1, 0.15) is 5.82 Å². The molecule has 88 valence electrons. The highest BCUT2D eigenvalue weighted by Crippen LogP contribution is 2.47. The molecule has 1 aliphatic carbocycles. The second-order valence-corrected chi connectivity index (χ2v) is 4.08. The van der Waals surface area contributed by atoms with Gasteiger partial charge in [0.2, 0.25) is 0 Å². The lowest BCUT2D eigenvalue weighted by Crippen LogP contribution is -2.13. The molecule has 0 saturated heterocycles. The van der Waals surface area contributed by atoms with Gasteiger partial charge in [-0.2, -0.15) is 13.2 Å². The van der Waals surface area contributed by atoms with Gasteiger partial charge in [-0.25, -0.2) is 4.98 Å². The summed E-state index contributed by atoms with van der Waals surface area (Å²) in [6, 6.07) is 1.52. The van der Waals surface area contributed by atoms with E-state index in [1.165, 1.54) is 13.0 Å². The molecule has 0 aliphatic heterocycles. The summed E-state index contributed by atoms with van der Waals surface area (Å²) in [5.74, 6) is 0.567. The van der Waals surface area contributed by atoms with E-state index in [4.69, 9.17) is 0 Å². The Bertz CT molecular complexity index is 408. The molecule has 1 aromatic rings. The van der Waals surface area contributed by atoms with Crippen molar-refractivity contribution in [1.82, 2.24) is 4.98 Å². The first-order valence-corrected chi connectivity index (χ1v) is 5.20. The van der Waals surface area contributed by atoms with Crippen molar-refractivity contribution < 1.29 is 13.2 Å². The molecule has 0 unspecified atom stereocenters. The molecule has 0 aromatic carbocycles. The number of hydrogen-bond acceptors (Lipinski definition) is 2. The van der Waals surface area contributed by atoms with Gasteiger partial charge in [0.25, 0.3) is 0 Å². The number of nitrogens with one attached hydrogen (secondary N) is 1. The fourth-order valence-corrected chi connectivity index (χ4v) is 1.91. The first-order valence-electron chi connectivity index (χ1n) is 5.20. The van der Waals surface area contributed by atoms with E-state index >= 15 is 0 Å². The quantitative estimate of drug-likeness (QED) is 0.842.